The standard InChI is InChI=1S/C55H72/c1-35(2)46-34-47(36(3)4)49(51(40-22-30-44(31-23-40)54(12,13)14)41-24-32-45(33-25-41)55(15,16)17)37(5)48(46)50(38-18-26-42(27-19-38)52(6,7)8)39-20-28-43(29-21-39)53(9,10)11/h18-36,50-51H,1-17H3. The van der Waals surface area contributed by atoms with Gasteiger partial charge in [0.05, 0.1) is 0 Å². The Labute approximate surface area is 337 Å². The van der Waals surface area contributed by atoms with Gasteiger partial charge in [-0.2, -0.15) is 0 Å². The Hall–Kier alpha value is -3.90. The second-order valence-corrected chi connectivity index (χ2v) is 21.2. The summed E-state index contributed by atoms with van der Waals surface area (Å²) in [6, 6.07) is 40.9. The van der Waals surface area contributed by atoms with Crippen LogP contribution in [0.3, 0.4) is 0 Å². The molecule has 0 heterocycles. The molecule has 292 valence electrons. The fourth-order valence-electron chi connectivity index (χ4n) is 8.38. The highest BCUT2D eigenvalue weighted by atomic mass is 14.4. The van der Waals surface area contributed by atoms with Gasteiger partial charge in [0.15, 0.2) is 0 Å². The Balaban J connectivity index is 1.89. The van der Waals surface area contributed by atoms with Crippen LogP contribution in [0.15, 0.2) is 103 Å². The lowest BCUT2D eigenvalue weighted by molar-refractivity contribution is 0.589. The van der Waals surface area contributed by atoms with Gasteiger partial charge in [0.2, 0.25) is 0 Å². The minimum absolute atomic E-state index is 0.0891. The van der Waals surface area contributed by atoms with E-state index in [-0.39, 0.29) is 33.5 Å². The van der Waals surface area contributed by atoms with Gasteiger partial charge in [-0.1, -0.05) is 214 Å². The summed E-state index contributed by atoms with van der Waals surface area (Å²) in [5.74, 6) is 0.905. The topological polar surface area (TPSA) is 0 Å². The van der Waals surface area contributed by atoms with Crippen molar-refractivity contribution in [2.75, 3.05) is 0 Å². The van der Waals surface area contributed by atoms with E-state index < -0.39 is 0 Å². The highest BCUT2D eigenvalue weighted by Gasteiger charge is 2.32. The highest BCUT2D eigenvalue weighted by molar-refractivity contribution is 5.61. The van der Waals surface area contributed by atoms with Crippen molar-refractivity contribution in [1.82, 2.24) is 0 Å². The van der Waals surface area contributed by atoms with Crippen LogP contribution in [0.2, 0.25) is 0 Å². The zero-order valence-corrected chi connectivity index (χ0v) is 37.6. The molecule has 0 atom stereocenters. The van der Waals surface area contributed by atoms with E-state index in [1.54, 1.807) is 0 Å². The molecule has 0 spiro atoms. The summed E-state index contributed by atoms with van der Waals surface area (Å²) in [5, 5.41) is 0. The average Bonchev–Trinajstić information content (AvgIpc) is 3.09. The first-order valence-corrected chi connectivity index (χ1v) is 21.0. The summed E-state index contributed by atoms with van der Waals surface area (Å²) >= 11 is 0. The van der Waals surface area contributed by atoms with Crippen molar-refractivity contribution in [3.05, 3.63) is 175 Å². The lowest BCUT2D eigenvalue weighted by Gasteiger charge is -2.34. The Kier molecular flexibility index (Phi) is 12.0. The fourth-order valence-corrected chi connectivity index (χ4v) is 8.38. The normalized spacial score (nSPS) is 13.1. The van der Waals surface area contributed by atoms with Crippen LogP contribution < -0.4 is 0 Å². The molecule has 5 rings (SSSR count). The van der Waals surface area contributed by atoms with E-state index in [9.17, 15) is 0 Å². The third-order valence-corrected chi connectivity index (χ3v) is 12.0. The lowest BCUT2D eigenvalue weighted by atomic mass is 9.70. The summed E-state index contributed by atoms with van der Waals surface area (Å²) in [4.78, 5) is 0. The van der Waals surface area contributed by atoms with Gasteiger partial charge >= 0.3 is 0 Å². The van der Waals surface area contributed by atoms with Gasteiger partial charge in [-0.15, -0.1) is 0 Å². The predicted molar refractivity (Wildman–Crippen MR) is 242 cm³/mol. The quantitative estimate of drug-likeness (QED) is 0.139. The maximum atomic E-state index is 2.60. The Morgan fingerprint density at radius 1 is 0.327 bits per heavy atom. The van der Waals surface area contributed by atoms with Crippen LogP contribution in [0.4, 0.5) is 0 Å². The molecular formula is C55H72. The molecule has 0 aliphatic carbocycles. The lowest BCUT2D eigenvalue weighted by Crippen LogP contribution is -2.18. The summed E-state index contributed by atoms with van der Waals surface area (Å²) in [6.07, 6.45) is 0. The maximum absolute atomic E-state index is 2.60. The molecule has 0 radical (unpaired) electrons. The molecule has 0 unspecified atom stereocenters. The maximum Gasteiger partial charge on any atom is 0.0345 e. The summed E-state index contributed by atoms with van der Waals surface area (Å²) in [7, 11) is 0. The highest BCUT2D eigenvalue weighted by Crippen LogP contribution is 2.47. The van der Waals surface area contributed by atoms with E-state index in [2.05, 4.69) is 221 Å². The summed E-state index contributed by atoms with van der Waals surface area (Å²) in [5.41, 5.74) is 18.5. The van der Waals surface area contributed by atoms with E-state index in [4.69, 9.17) is 0 Å². The molecule has 5 aromatic carbocycles. The van der Waals surface area contributed by atoms with Crippen molar-refractivity contribution in [2.45, 2.75) is 163 Å². The molecule has 0 N–H and O–H groups in total. The molecule has 55 heavy (non-hydrogen) atoms. The van der Waals surface area contributed by atoms with Crippen LogP contribution in [0.25, 0.3) is 0 Å². The number of benzene rings is 5. The molecule has 0 aromatic heterocycles. The summed E-state index contributed by atoms with van der Waals surface area (Å²) in [6.45, 7) is 39.7. The third-order valence-electron chi connectivity index (χ3n) is 12.0. The second kappa shape index (κ2) is 15.6. The minimum atomic E-state index is 0.0891. The number of hydrogen-bond acceptors (Lipinski definition) is 0. The van der Waals surface area contributed by atoms with E-state index >= 15 is 0 Å². The molecule has 0 amide bonds. The van der Waals surface area contributed by atoms with Gasteiger partial charge in [0.25, 0.3) is 0 Å². The van der Waals surface area contributed by atoms with Gasteiger partial charge in [0.1, 0.15) is 0 Å². The largest absolute Gasteiger partial charge is 0.0587 e. The van der Waals surface area contributed by atoms with Crippen LogP contribution in [0, 0.1) is 6.92 Å². The zero-order chi connectivity index (χ0) is 40.8. The average molecular weight is 733 g/mol. The van der Waals surface area contributed by atoms with E-state index in [0.29, 0.717) is 11.8 Å². The molecule has 0 fully saturated rings. The van der Waals surface area contributed by atoms with E-state index in [1.807, 2.05) is 0 Å². The molecule has 0 heteroatoms. The molecule has 0 saturated carbocycles. The van der Waals surface area contributed by atoms with Crippen LogP contribution in [-0.2, 0) is 21.7 Å². The van der Waals surface area contributed by atoms with Crippen molar-refractivity contribution in [1.29, 1.82) is 0 Å². The minimum Gasteiger partial charge on any atom is -0.0587 e. The van der Waals surface area contributed by atoms with Gasteiger partial charge in [-0.25, -0.2) is 0 Å². The van der Waals surface area contributed by atoms with Gasteiger partial charge in [-0.3, -0.25) is 0 Å². The van der Waals surface area contributed by atoms with Crippen LogP contribution >= 0.6 is 0 Å². The Morgan fingerprint density at radius 3 is 0.691 bits per heavy atom. The van der Waals surface area contributed by atoms with Crippen LogP contribution in [0.1, 0.15) is 207 Å². The first-order chi connectivity index (χ1) is 25.4. The number of rotatable bonds is 8. The van der Waals surface area contributed by atoms with Gasteiger partial charge in [-0.05, 0) is 113 Å². The van der Waals surface area contributed by atoms with Gasteiger partial charge < -0.3 is 0 Å². The van der Waals surface area contributed by atoms with Gasteiger partial charge in [0, 0.05) is 11.8 Å². The van der Waals surface area contributed by atoms with Crippen molar-refractivity contribution in [3.8, 4) is 0 Å². The van der Waals surface area contributed by atoms with E-state index in [1.165, 1.54) is 72.3 Å². The van der Waals surface area contributed by atoms with Crippen LogP contribution in [0.5, 0.6) is 0 Å². The first-order valence-electron chi connectivity index (χ1n) is 21.0. The monoisotopic (exact) mass is 733 g/mol. The molecule has 0 aliphatic heterocycles. The second-order valence-electron chi connectivity index (χ2n) is 21.2. The number of hydrogen-bond donors (Lipinski definition) is 0. The van der Waals surface area contributed by atoms with Crippen molar-refractivity contribution in [3.63, 3.8) is 0 Å². The third kappa shape index (κ3) is 9.22. The Morgan fingerprint density at radius 2 is 0.527 bits per heavy atom. The molecular weight excluding hydrogens is 661 g/mol. The fraction of sp³-hybridized carbons (Fsp3) is 0.455. The molecule has 0 nitrogen and oxygen atoms in total. The molecule has 0 aliphatic rings. The molecule has 0 bridgehead atoms. The van der Waals surface area contributed by atoms with Crippen molar-refractivity contribution < 1.29 is 0 Å². The Bertz CT molecular complexity index is 1770. The first kappa shape index (κ1) is 42.2. The zero-order valence-electron chi connectivity index (χ0n) is 37.6. The van der Waals surface area contributed by atoms with Crippen molar-refractivity contribution in [2.24, 2.45) is 0 Å². The SMILES string of the molecule is Cc1c(C(c2ccc(C(C)(C)C)cc2)c2ccc(C(C)(C)C)cc2)c(C(C)C)cc(C(C)C)c1C(c1ccc(C(C)(C)C)cc1)c1ccc(C(C)(C)C)cc1. The van der Waals surface area contributed by atoms with Crippen molar-refractivity contribution >= 4 is 0 Å². The van der Waals surface area contributed by atoms with E-state index in [0.717, 1.165) is 0 Å². The molecule has 0 saturated heterocycles. The predicted octanol–water partition coefficient (Wildman–Crippen LogP) is 15.8. The summed E-state index contributed by atoms with van der Waals surface area (Å²) < 4.78 is 0. The smallest absolute Gasteiger partial charge is 0.0345 e. The molecule has 5 aromatic rings. The van der Waals surface area contributed by atoms with Crippen LogP contribution in [-0.4, -0.2) is 0 Å².